The van der Waals surface area contributed by atoms with Crippen molar-refractivity contribution in [1.29, 1.82) is 0 Å². The maximum absolute atomic E-state index is 12.0. The molecule has 1 saturated heterocycles. The van der Waals surface area contributed by atoms with Crippen molar-refractivity contribution in [3.05, 3.63) is 35.9 Å². The van der Waals surface area contributed by atoms with Gasteiger partial charge < -0.3 is 9.64 Å². The number of Topliss-reactive ketones (excluding diaryl/α,β-unsaturated/α-hetero) is 1. The van der Waals surface area contributed by atoms with Gasteiger partial charge in [0.25, 0.3) is 0 Å². The molecule has 0 aliphatic carbocycles. The fourth-order valence-electron chi connectivity index (χ4n) is 2.49. The summed E-state index contributed by atoms with van der Waals surface area (Å²) in [6.07, 6.45) is 0. The smallest absolute Gasteiger partial charge is 0.325 e. The molecule has 20 heavy (non-hydrogen) atoms. The van der Waals surface area contributed by atoms with Crippen LogP contribution < -0.4 is 0 Å². The van der Waals surface area contributed by atoms with Gasteiger partial charge in [-0.1, -0.05) is 30.3 Å². The Bertz CT molecular complexity index is 526. The van der Waals surface area contributed by atoms with Crippen LogP contribution in [0, 0.1) is 5.92 Å². The lowest BCUT2D eigenvalue weighted by atomic mass is 9.80. The normalized spacial score (nSPS) is 21.3. The van der Waals surface area contributed by atoms with Gasteiger partial charge in [0.15, 0.2) is 0 Å². The molecule has 0 saturated carbocycles. The molecule has 0 radical (unpaired) electrons. The van der Waals surface area contributed by atoms with Crippen LogP contribution in [-0.2, 0) is 19.1 Å². The average molecular weight is 275 g/mol. The summed E-state index contributed by atoms with van der Waals surface area (Å²) in [5.74, 6) is -1.63. The Kier molecular flexibility index (Phi) is 4.17. The fraction of sp³-hybridized carbons (Fsp3) is 0.400. The molecule has 5 heteroatoms. The minimum atomic E-state index is -0.688. The maximum Gasteiger partial charge on any atom is 0.325 e. The molecular weight excluding hydrogens is 258 g/mol. The molecule has 2 atom stereocenters. The van der Waals surface area contributed by atoms with Crippen LogP contribution in [0.2, 0.25) is 0 Å². The van der Waals surface area contributed by atoms with Gasteiger partial charge in [-0.15, -0.1) is 0 Å². The van der Waals surface area contributed by atoms with Crippen LogP contribution in [0.4, 0.5) is 0 Å². The molecule has 1 aliphatic heterocycles. The molecule has 1 aromatic carbocycles. The molecular formula is C15H17NO4. The molecule has 0 bridgehead atoms. The van der Waals surface area contributed by atoms with E-state index in [0.29, 0.717) is 0 Å². The molecule has 1 aliphatic rings. The van der Waals surface area contributed by atoms with Crippen LogP contribution in [0.15, 0.2) is 30.3 Å². The number of benzene rings is 1. The second kappa shape index (κ2) is 5.86. The lowest BCUT2D eigenvalue weighted by molar-refractivity contribution is -0.168. The van der Waals surface area contributed by atoms with Crippen LogP contribution in [0.25, 0.3) is 0 Å². The molecule has 0 spiro atoms. The number of amides is 1. The highest BCUT2D eigenvalue weighted by molar-refractivity contribution is 6.06. The zero-order valence-electron chi connectivity index (χ0n) is 11.5. The number of hydrogen-bond donors (Lipinski definition) is 0. The maximum atomic E-state index is 12.0. The summed E-state index contributed by atoms with van der Waals surface area (Å²) < 4.78 is 4.86. The molecule has 0 aromatic heterocycles. The van der Waals surface area contributed by atoms with E-state index in [1.54, 1.807) is 6.92 Å². The molecule has 106 valence electrons. The third kappa shape index (κ3) is 2.57. The second-order valence-electron chi connectivity index (χ2n) is 4.72. The summed E-state index contributed by atoms with van der Waals surface area (Å²) in [6, 6.07) is 8.89. The Labute approximate surface area is 117 Å². The highest BCUT2D eigenvalue weighted by atomic mass is 16.5. The van der Waals surface area contributed by atoms with E-state index in [1.165, 1.54) is 11.8 Å². The van der Waals surface area contributed by atoms with E-state index in [0.717, 1.165) is 5.56 Å². The SMILES string of the molecule is CCOC(=O)CN1C(=O)[C@@H](C(C)=O)[C@@H]1c1ccccc1. The van der Waals surface area contributed by atoms with E-state index >= 15 is 0 Å². The van der Waals surface area contributed by atoms with Gasteiger partial charge in [0, 0.05) is 0 Å². The summed E-state index contributed by atoms with van der Waals surface area (Å²) >= 11 is 0. The summed E-state index contributed by atoms with van der Waals surface area (Å²) in [7, 11) is 0. The zero-order valence-corrected chi connectivity index (χ0v) is 11.5. The van der Waals surface area contributed by atoms with Crippen molar-refractivity contribution in [1.82, 2.24) is 4.90 Å². The van der Waals surface area contributed by atoms with Crippen LogP contribution in [0.5, 0.6) is 0 Å². The molecule has 1 amide bonds. The molecule has 0 N–H and O–H groups in total. The van der Waals surface area contributed by atoms with Gasteiger partial charge in [-0.2, -0.15) is 0 Å². The van der Waals surface area contributed by atoms with Crippen LogP contribution in [-0.4, -0.2) is 35.7 Å². The second-order valence-corrected chi connectivity index (χ2v) is 4.72. The van der Waals surface area contributed by atoms with Crippen molar-refractivity contribution in [3.8, 4) is 0 Å². The Morgan fingerprint density at radius 3 is 2.45 bits per heavy atom. The van der Waals surface area contributed by atoms with E-state index in [1.807, 2.05) is 30.3 Å². The Hall–Kier alpha value is -2.17. The highest BCUT2D eigenvalue weighted by Gasteiger charge is 2.51. The van der Waals surface area contributed by atoms with E-state index in [2.05, 4.69) is 0 Å². The lowest BCUT2D eigenvalue weighted by Crippen LogP contribution is -2.58. The van der Waals surface area contributed by atoms with Gasteiger partial charge in [-0.25, -0.2) is 0 Å². The first kappa shape index (κ1) is 14.2. The Morgan fingerprint density at radius 2 is 1.90 bits per heavy atom. The van der Waals surface area contributed by atoms with Gasteiger partial charge in [0.1, 0.15) is 18.2 Å². The number of nitrogens with zero attached hydrogens (tertiary/aromatic N) is 1. The number of carbonyl (C=O) groups excluding carboxylic acids is 3. The van der Waals surface area contributed by atoms with Crippen LogP contribution >= 0.6 is 0 Å². The summed E-state index contributed by atoms with van der Waals surface area (Å²) in [5, 5.41) is 0. The predicted molar refractivity (Wildman–Crippen MR) is 71.7 cm³/mol. The third-order valence-electron chi connectivity index (χ3n) is 3.38. The number of esters is 1. The quantitative estimate of drug-likeness (QED) is 0.462. The number of hydrogen-bond acceptors (Lipinski definition) is 4. The summed E-state index contributed by atoms with van der Waals surface area (Å²) in [4.78, 5) is 36.6. The minimum Gasteiger partial charge on any atom is -0.465 e. The minimum absolute atomic E-state index is 0.115. The van der Waals surface area contributed by atoms with Crippen molar-refractivity contribution < 1.29 is 19.1 Å². The van der Waals surface area contributed by atoms with Gasteiger partial charge in [-0.3, -0.25) is 14.4 Å². The van der Waals surface area contributed by atoms with E-state index in [9.17, 15) is 14.4 Å². The van der Waals surface area contributed by atoms with E-state index in [-0.39, 0.29) is 30.9 Å². The van der Waals surface area contributed by atoms with Crippen molar-refractivity contribution in [2.75, 3.05) is 13.2 Å². The Balaban J connectivity index is 2.20. The van der Waals surface area contributed by atoms with Crippen LogP contribution in [0.3, 0.4) is 0 Å². The van der Waals surface area contributed by atoms with Crippen molar-refractivity contribution >= 4 is 17.7 Å². The van der Waals surface area contributed by atoms with Crippen LogP contribution in [0.1, 0.15) is 25.5 Å². The first-order chi connectivity index (χ1) is 9.56. The number of ether oxygens (including phenoxy) is 1. The van der Waals surface area contributed by atoms with Gasteiger partial charge >= 0.3 is 5.97 Å². The highest BCUT2D eigenvalue weighted by Crippen LogP contribution is 2.40. The third-order valence-corrected chi connectivity index (χ3v) is 3.38. The zero-order chi connectivity index (χ0) is 14.7. The summed E-state index contributed by atoms with van der Waals surface area (Å²) in [6.45, 7) is 3.27. The lowest BCUT2D eigenvalue weighted by Gasteiger charge is -2.45. The number of β-lactam (4-membered cyclic amide) rings is 1. The van der Waals surface area contributed by atoms with Gasteiger partial charge in [-0.05, 0) is 19.4 Å². The fourth-order valence-corrected chi connectivity index (χ4v) is 2.49. The molecule has 2 rings (SSSR count). The topological polar surface area (TPSA) is 63.7 Å². The summed E-state index contributed by atoms with van der Waals surface area (Å²) in [5.41, 5.74) is 0.858. The molecule has 1 heterocycles. The standard InChI is InChI=1S/C15H17NO4/c1-3-20-12(18)9-16-14(11-7-5-4-6-8-11)13(10(2)17)15(16)19/h4-8,13-14H,3,9H2,1-2H3/t13-,14-/m0/s1. The van der Waals surface area contributed by atoms with Crippen molar-refractivity contribution in [2.24, 2.45) is 5.92 Å². The molecule has 5 nitrogen and oxygen atoms in total. The van der Waals surface area contributed by atoms with Crippen molar-refractivity contribution in [2.45, 2.75) is 19.9 Å². The monoisotopic (exact) mass is 275 g/mol. The number of carbonyl (C=O) groups is 3. The first-order valence-electron chi connectivity index (χ1n) is 6.57. The van der Waals surface area contributed by atoms with Gasteiger partial charge in [0.05, 0.1) is 12.6 Å². The average Bonchev–Trinajstić information content (AvgIpc) is 2.42. The predicted octanol–water partition coefficient (Wildman–Crippen LogP) is 1.34. The number of likely N-dealkylation sites (tertiary alicyclic amines) is 1. The Morgan fingerprint density at radius 1 is 1.25 bits per heavy atom. The molecule has 0 unspecified atom stereocenters. The van der Waals surface area contributed by atoms with Gasteiger partial charge in [0.2, 0.25) is 5.91 Å². The van der Waals surface area contributed by atoms with Crippen molar-refractivity contribution in [3.63, 3.8) is 0 Å². The first-order valence-corrected chi connectivity index (χ1v) is 6.57. The molecule has 1 aromatic rings. The van der Waals surface area contributed by atoms with E-state index < -0.39 is 11.9 Å². The largest absolute Gasteiger partial charge is 0.465 e. The number of ketones is 1. The molecule has 1 fully saturated rings. The number of rotatable bonds is 5. The van der Waals surface area contributed by atoms with E-state index in [4.69, 9.17) is 4.74 Å².